The van der Waals surface area contributed by atoms with Crippen LogP contribution in [0.1, 0.15) is 12.0 Å². The van der Waals surface area contributed by atoms with E-state index in [1.54, 1.807) is 35.8 Å². The lowest BCUT2D eigenvalue weighted by Crippen LogP contribution is -2.54. The highest BCUT2D eigenvalue weighted by Crippen LogP contribution is 2.01. The highest BCUT2D eigenvalue weighted by atomic mass is 16.5. The number of primary amides is 1. The van der Waals surface area contributed by atoms with Gasteiger partial charge in [0.1, 0.15) is 12.6 Å². The van der Waals surface area contributed by atoms with Crippen molar-refractivity contribution in [3.8, 4) is 0 Å². The Balaban J connectivity index is 2.54. The fourth-order valence-electron chi connectivity index (χ4n) is 1.50. The minimum absolute atomic E-state index is 0.0480. The zero-order chi connectivity index (χ0) is 17.2. The van der Waals surface area contributed by atoms with Crippen LogP contribution in [0.25, 0.3) is 0 Å². The van der Waals surface area contributed by atoms with Crippen LogP contribution in [-0.2, 0) is 20.9 Å². The van der Waals surface area contributed by atoms with E-state index in [2.05, 4.69) is 5.32 Å². The number of hydrogen-bond donors (Lipinski definition) is 5. The van der Waals surface area contributed by atoms with E-state index in [0.717, 1.165) is 5.56 Å². The molecule has 0 spiro atoms. The van der Waals surface area contributed by atoms with Gasteiger partial charge < -0.3 is 20.9 Å². The smallest absolute Gasteiger partial charge is 0.408 e. The lowest BCUT2D eigenvalue weighted by molar-refractivity contribution is -0.139. The van der Waals surface area contributed by atoms with E-state index in [1.807, 2.05) is 5.43 Å². The number of carbonyl (C=O) groups excluding carboxylic acids is 3. The Hall–Kier alpha value is -3.30. The van der Waals surface area contributed by atoms with Crippen molar-refractivity contribution in [3.63, 3.8) is 0 Å². The van der Waals surface area contributed by atoms with E-state index in [0.29, 0.717) is 0 Å². The summed E-state index contributed by atoms with van der Waals surface area (Å²) in [7, 11) is 0. The van der Waals surface area contributed by atoms with Crippen molar-refractivity contribution in [1.82, 2.24) is 16.2 Å². The summed E-state index contributed by atoms with van der Waals surface area (Å²) in [6.07, 6.45) is -1.68. The van der Waals surface area contributed by atoms with Crippen molar-refractivity contribution in [1.29, 1.82) is 0 Å². The quantitative estimate of drug-likeness (QED) is 0.441. The Kier molecular flexibility index (Phi) is 6.85. The summed E-state index contributed by atoms with van der Waals surface area (Å²) in [5.41, 5.74) is 9.14. The first-order valence-corrected chi connectivity index (χ1v) is 6.42. The second-order valence-electron chi connectivity index (χ2n) is 4.34. The fraction of sp³-hybridized carbons (Fsp3) is 0.231. The average Bonchev–Trinajstić information content (AvgIpc) is 2.50. The van der Waals surface area contributed by atoms with Gasteiger partial charge in [-0.1, -0.05) is 30.3 Å². The molecule has 6 N–H and O–H groups in total. The van der Waals surface area contributed by atoms with Crippen LogP contribution < -0.4 is 21.9 Å². The second-order valence-corrected chi connectivity index (χ2v) is 4.34. The van der Waals surface area contributed by atoms with Crippen LogP contribution in [0.2, 0.25) is 0 Å². The van der Waals surface area contributed by atoms with Crippen LogP contribution >= 0.6 is 0 Å². The zero-order valence-corrected chi connectivity index (χ0v) is 11.9. The summed E-state index contributed by atoms with van der Waals surface area (Å²) in [5, 5.41) is 10.8. The van der Waals surface area contributed by atoms with Crippen LogP contribution in [0.5, 0.6) is 0 Å². The molecule has 1 atom stereocenters. The number of carboxylic acids is 1. The standard InChI is InChI=1S/C13H16N4O6/c14-12(21)17-16-11(20)9(6-10(18)19)15-13(22)23-7-8-4-2-1-3-5-8/h1-5,9H,6-7H2,(H,15,22)(H,16,20)(H,18,19)(H3,14,17,21)/t9-/m0/s1. The third-order valence-electron chi connectivity index (χ3n) is 2.51. The molecule has 23 heavy (non-hydrogen) atoms. The molecule has 0 aliphatic rings. The van der Waals surface area contributed by atoms with Gasteiger partial charge in [-0.15, -0.1) is 0 Å². The average molecular weight is 324 g/mol. The number of amides is 4. The monoisotopic (exact) mass is 324 g/mol. The Morgan fingerprint density at radius 3 is 2.35 bits per heavy atom. The molecule has 0 bridgehead atoms. The molecule has 0 radical (unpaired) electrons. The number of aliphatic carboxylic acids is 1. The number of nitrogens with one attached hydrogen (secondary N) is 3. The number of carbonyl (C=O) groups is 4. The highest BCUT2D eigenvalue weighted by Gasteiger charge is 2.24. The third kappa shape index (κ3) is 7.32. The number of carboxylic acid groups (broad SMARTS) is 1. The first-order valence-electron chi connectivity index (χ1n) is 6.42. The van der Waals surface area contributed by atoms with E-state index < -0.39 is 36.5 Å². The van der Waals surface area contributed by atoms with Gasteiger partial charge in [-0.3, -0.25) is 15.0 Å². The van der Waals surface area contributed by atoms with E-state index in [1.165, 1.54) is 0 Å². The minimum Gasteiger partial charge on any atom is -0.481 e. The van der Waals surface area contributed by atoms with Gasteiger partial charge in [-0.25, -0.2) is 15.0 Å². The third-order valence-corrected chi connectivity index (χ3v) is 2.51. The fourth-order valence-corrected chi connectivity index (χ4v) is 1.50. The van der Waals surface area contributed by atoms with Gasteiger partial charge in [0.15, 0.2) is 0 Å². The summed E-state index contributed by atoms with van der Waals surface area (Å²) in [4.78, 5) is 44.5. The van der Waals surface area contributed by atoms with Crippen molar-refractivity contribution in [2.45, 2.75) is 19.1 Å². The Morgan fingerprint density at radius 2 is 1.78 bits per heavy atom. The molecule has 1 rings (SSSR count). The number of hydrazine groups is 1. The summed E-state index contributed by atoms with van der Waals surface area (Å²) in [6, 6.07) is 6.28. The molecule has 0 unspecified atom stereocenters. The molecule has 10 heteroatoms. The summed E-state index contributed by atoms with van der Waals surface area (Å²) < 4.78 is 4.88. The largest absolute Gasteiger partial charge is 0.481 e. The predicted molar refractivity (Wildman–Crippen MR) is 76.7 cm³/mol. The molecule has 10 nitrogen and oxygen atoms in total. The van der Waals surface area contributed by atoms with Gasteiger partial charge in [-0.05, 0) is 5.56 Å². The van der Waals surface area contributed by atoms with Crippen LogP contribution in [0.4, 0.5) is 9.59 Å². The molecular formula is C13H16N4O6. The van der Waals surface area contributed by atoms with Crippen molar-refractivity contribution >= 4 is 24.0 Å². The Labute approximate surface area is 130 Å². The molecule has 0 aliphatic carbocycles. The van der Waals surface area contributed by atoms with E-state index >= 15 is 0 Å². The number of rotatable bonds is 6. The van der Waals surface area contributed by atoms with Gasteiger partial charge in [0, 0.05) is 0 Å². The molecule has 4 amide bonds. The lowest BCUT2D eigenvalue weighted by atomic mass is 10.2. The maximum atomic E-state index is 11.7. The molecule has 1 aromatic carbocycles. The number of alkyl carbamates (subject to hydrolysis) is 1. The van der Waals surface area contributed by atoms with Crippen LogP contribution in [0.15, 0.2) is 30.3 Å². The molecular weight excluding hydrogens is 308 g/mol. The maximum absolute atomic E-state index is 11.7. The predicted octanol–water partition coefficient (Wildman–Crippen LogP) is -0.544. The van der Waals surface area contributed by atoms with E-state index in [-0.39, 0.29) is 6.61 Å². The molecule has 0 aromatic heterocycles. The van der Waals surface area contributed by atoms with Gasteiger partial charge in [-0.2, -0.15) is 0 Å². The summed E-state index contributed by atoms with van der Waals surface area (Å²) >= 11 is 0. The number of urea groups is 1. The molecule has 124 valence electrons. The SMILES string of the molecule is NC(=O)NNC(=O)[C@H](CC(=O)O)NC(=O)OCc1ccccc1. The molecule has 0 aliphatic heterocycles. The van der Waals surface area contributed by atoms with E-state index in [4.69, 9.17) is 15.6 Å². The number of benzene rings is 1. The normalized spacial score (nSPS) is 11.0. The number of ether oxygens (including phenoxy) is 1. The van der Waals surface area contributed by atoms with Gasteiger partial charge in [0.2, 0.25) is 0 Å². The lowest BCUT2D eigenvalue weighted by Gasteiger charge is -2.16. The molecule has 0 saturated carbocycles. The van der Waals surface area contributed by atoms with Gasteiger partial charge in [0.25, 0.3) is 5.91 Å². The van der Waals surface area contributed by atoms with Gasteiger partial charge >= 0.3 is 18.1 Å². The van der Waals surface area contributed by atoms with E-state index in [9.17, 15) is 19.2 Å². The highest BCUT2D eigenvalue weighted by molar-refractivity contribution is 5.90. The minimum atomic E-state index is -1.44. The molecule has 0 saturated heterocycles. The topological polar surface area (TPSA) is 160 Å². The van der Waals surface area contributed by atoms with Crippen molar-refractivity contribution in [2.75, 3.05) is 0 Å². The van der Waals surface area contributed by atoms with Crippen LogP contribution in [0.3, 0.4) is 0 Å². The van der Waals surface area contributed by atoms with Crippen LogP contribution in [-0.4, -0.2) is 35.1 Å². The first kappa shape index (κ1) is 17.8. The van der Waals surface area contributed by atoms with Crippen molar-refractivity contribution < 1.29 is 29.0 Å². The molecule has 0 heterocycles. The second kappa shape index (κ2) is 8.87. The van der Waals surface area contributed by atoms with Gasteiger partial charge in [0.05, 0.1) is 6.42 Å². The summed E-state index contributed by atoms with van der Waals surface area (Å²) in [6.45, 7) is -0.0480. The van der Waals surface area contributed by atoms with Crippen molar-refractivity contribution in [3.05, 3.63) is 35.9 Å². The number of hydrogen-bond acceptors (Lipinski definition) is 5. The zero-order valence-electron chi connectivity index (χ0n) is 11.9. The van der Waals surface area contributed by atoms with Crippen molar-refractivity contribution in [2.24, 2.45) is 5.73 Å². The summed E-state index contributed by atoms with van der Waals surface area (Å²) in [5.74, 6) is -2.28. The molecule has 1 aromatic rings. The Morgan fingerprint density at radius 1 is 1.13 bits per heavy atom. The van der Waals surface area contributed by atoms with Crippen LogP contribution in [0, 0.1) is 0 Å². The molecule has 0 fully saturated rings. The Bertz CT molecular complexity index is 577. The maximum Gasteiger partial charge on any atom is 0.408 e. The first-order chi connectivity index (χ1) is 10.9. The number of nitrogens with two attached hydrogens (primary N) is 1.